The largest absolute Gasteiger partial charge is 0.340 e. The molecule has 0 saturated heterocycles. The first kappa shape index (κ1) is 18.9. The second-order valence-corrected chi connectivity index (χ2v) is 7.78. The molecular formula is C29H22N2. The predicted molar refractivity (Wildman–Crippen MR) is 130 cm³/mol. The standard InChI is InChI=1S/C29H22N2/c1-21-28(18-24(19-30)26-16-9-13-23-12-5-6-14-25(23)26)27-15-7-8-17-29(27)31(21)20-22-10-3-2-4-11-22/h2-18H,20H2,1H3/b24-18+. The molecule has 5 rings (SSSR count). The SMILES string of the molecule is Cc1c(/C=C(\C#N)c2cccc3ccccc23)c2ccccc2n1Cc1ccccc1. The minimum Gasteiger partial charge on any atom is -0.340 e. The highest BCUT2D eigenvalue weighted by Gasteiger charge is 2.14. The average molecular weight is 399 g/mol. The van der Waals surface area contributed by atoms with Gasteiger partial charge in [0.25, 0.3) is 0 Å². The number of hydrogen-bond acceptors (Lipinski definition) is 1. The minimum atomic E-state index is 0.683. The molecule has 0 radical (unpaired) electrons. The fraction of sp³-hybridized carbons (Fsp3) is 0.0690. The third kappa shape index (κ3) is 3.41. The van der Waals surface area contributed by atoms with E-state index in [0.29, 0.717) is 5.57 Å². The molecule has 2 nitrogen and oxygen atoms in total. The van der Waals surface area contributed by atoms with Gasteiger partial charge in [-0.25, -0.2) is 0 Å². The van der Waals surface area contributed by atoms with E-state index in [-0.39, 0.29) is 0 Å². The third-order valence-electron chi connectivity index (χ3n) is 5.95. The summed E-state index contributed by atoms with van der Waals surface area (Å²) in [7, 11) is 0. The van der Waals surface area contributed by atoms with Crippen molar-refractivity contribution in [2.45, 2.75) is 13.5 Å². The van der Waals surface area contributed by atoms with Crippen LogP contribution in [-0.4, -0.2) is 4.57 Å². The van der Waals surface area contributed by atoms with Crippen LogP contribution in [0.2, 0.25) is 0 Å². The molecule has 0 atom stereocenters. The quantitative estimate of drug-likeness (QED) is 0.294. The van der Waals surface area contributed by atoms with E-state index < -0.39 is 0 Å². The summed E-state index contributed by atoms with van der Waals surface area (Å²) >= 11 is 0. The number of benzene rings is 4. The van der Waals surface area contributed by atoms with Gasteiger partial charge < -0.3 is 4.57 Å². The lowest BCUT2D eigenvalue weighted by Crippen LogP contribution is -2.01. The van der Waals surface area contributed by atoms with Crippen LogP contribution >= 0.6 is 0 Å². The van der Waals surface area contributed by atoms with Gasteiger partial charge in [0, 0.05) is 34.3 Å². The minimum absolute atomic E-state index is 0.683. The second kappa shape index (κ2) is 7.97. The van der Waals surface area contributed by atoms with E-state index in [1.165, 1.54) is 16.5 Å². The Kier molecular flexibility index (Phi) is 4.86. The number of nitriles is 1. The molecule has 0 N–H and O–H groups in total. The summed E-state index contributed by atoms with van der Waals surface area (Å²) in [6.45, 7) is 2.95. The zero-order valence-electron chi connectivity index (χ0n) is 17.4. The van der Waals surface area contributed by atoms with E-state index in [1.54, 1.807) is 0 Å². The van der Waals surface area contributed by atoms with Gasteiger partial charge in [0.05, 0.1) is 11.6 Å². The third-order valence-corrected chi connectivity index (χ3v) is 5.95. The summed E-state index contributed by atoms with van der Waals surface area (Å²) in [5, 5.41) is 13.5. The van der Waals surface area contributed by atoms with Gasteiger partial charge in [0.15, 0.2) is 0 Å². The molecule has 0 aliphatic heterocycles. The van der Waals surface area contributed by atoms with E-state index in [1.807, 2.05) is 30.3 Å². The van der Waals surface area contributed by atoms with Crippen molar-refractivity contribution in [1.29, 1.82) is 5.26 Å². The molecule has 0 bridgehead atoms. The van der Waals surface area contributed by atoms with E-state index in [0.717, 1.165) is 34.1 Å². The Morgan fingerprint density at radius 2 is 1.48 bits per heavy atom. The van der Waals surface area contributed by atoms with Crippen molar-refractivity contribution in [2.75, 3.05) is 0 Å². The summed E-state index contributed by atoms with van der Waals surface area (Å²) in [6.07, 6.45) is 2.06. The maximum atomic E-state index is 10.1. The molecule has 0 amide bonds. The normalized spacial score (nSPS) is 11.7. The maximum Gasteiger partial charge on any atom is 0.0998 e. The van der Waals surface area contributed by atoms with Gasteiger partial charge in [-0.1, -0.05) is 91.0 Å². The lowest BCUT2D eigenvalue weighted by atomic mass is 9.97. The summed E-state index contributed by atoms with van der Waals surface area (Å²) in [6, 6.07) is 35.8. The highest BCUT2D eigenvalue weighted by Crippen LogP contribution is 2.32. The zero-order valence-corrected chi connectivity index (χ0v) is 17.4. The lowest BCUT2D eigenvalue weighted by Gasteiger charge is -2.09. The molecule has 0 unspecified atom stereocenters. The fourth-order valence-electron chi connectivity index (χ4n) is 4.38. The summed E-state index contributed by atoms with van der Waals surface area (Å²) in [4.78, 5) is 0. The van der Waals surface area contributed by atoms with Crippen LogP contribution in [0.5, 0.6) is 0 Å². The predicted octanol–water partition coefficient (Wildman–Crippen LogP) is 7.22. The molecule has 0 aliphatic carbocycles. The molecule has 0 aliphatic rings. The van der Waals surface area contributed by atoms with E-state index in [2.05, 4.69) is 90.4 Å². The van der Waals surface area contributed by atoms with Crippen LogP contribution < -0.4 is 0 Å². The zero-order chi connectivity index (χ0) is 21.2. The molecule has 0 spiro atoms. The number of fused-ring (bicyclic) bond motifs is 2. The molecule has 0 saturated carbocycles. The van der Waals surface area contributed by atoms with Crippen molar-refractivity contribution in [1.82, 2.24) is 4.57 Å². The van der Waals surface area contributed by atoms with E-state index in [4.69, 9.17) is 0 Å². The lowest BCUT2D eigenvalue weighted by molar-refractivity contribution is 0.804. The van der Waals surface area contributed by atoms with Gasteiger partial charge in [-0.3, -0.25) is 0 Å². The topological polar surface area (TPSA) is 28.7 Å². The smallest absolute Gasteiger partial charge is 0.0998 e. The molecular weight excluding hydrogens is 376 g/mol. The van der Waals surface area contributed by atoms with Crippen LogP contribution in [0.1, 0.15) is 22.4 Å². The Morgan fingerprint density at radius 1 is 0.806 bits per heavy atom. The number of para-hydroxylation sites is 1. The summed E-state index contributed by atoms with van der Waals surface area (Å²) in [5.41, 5.74) is 6.37. The molecule has 5 aromatic rings. The van der Waals surface area contributed by atoms with Crippen LogP contribution in [0.3, 0.4) is 0 Å². The van der Waals surface area contributed by atoms with Crippen LogP contribution in [0, 0.1) is 18.3 Å². The van der Waals surface area contributed by atoms with Crippen LogP contribution in [0.4, 0.5) is 0 Å². The van der Waals surface area contributed by atoms with Crippen molar-refractivity contribution in [3.63, 3.8) is 0 Å². The number of nitrogens with zero attached hydrogens (tertiary/aromatic N) is 2. The molecule has 2 heteroatoms. The Morgan fingerprint density at radius 3 is 2.29 bits per heavy atom. The molecule has 0 fully saturated rings. The van der Waals surface area contributed by atoms with Gasteiger partial charge in [-0.05, 0) is 35.4 Å². The Balaban J connectivity index is 1.70. The highest BCUT2D eigenvalue weighted by atomic mass is 15.0. The highest BCUT2D eigenvalue weighted by molar-refractivity contribution is 6.05. The van der Waals surface area contributed by atoms with Crippen molar-refractivity contribution in [2.24, 2.45) is 0 Å². The first-order chi connectivity index (χ1) is 15.3. The first-order valence-electron chi connectivity index (χ1n) is 10.5. The van der Waals surface area contributed by atoms with E-state index >= 15 is 0 Å². The molecule has 1 aromatic heterocycles. The molecule has 1 heterocycles. The van der Waals surface area contributed by atoms with Crippen molar-refractivity contribution < 1.29 is 0 Å². The molecule has 31 heavy (non-hydrogen) atoms. The van der Waals surface area contributed by atoms with Crippen molar-refractivity contribution in [3.8, 4) is 6.07 Å². The number of aromatic nitrogens is 1. The number of allylic oxidation sites excluding steroid dienone is 1. The Hall–Kier alpha value is -4.09. The van der Waals surface area contributed by atoms with Gasteiger partial charge >= 0.3 is 0 Å². The van der Waals surface area contributed by atoms with Gasteiger partial charge in [0.2, 0.25) is 0 Å². The monoisotopic (exact) mass is 398 g/mol. The van der Waals surface area contributed by atoms with Gasteiger partial charge in [0.1, 0.15) is 0 Å². The van der Waals surface area contributed by atoms with Crippen LogP contribution in [-0.2, 0) is 6.54 Å². The number of hydrogen-bond donors (Lipinski definition) is 0. The number of rotatable bonds is 4. The Bertz CT molecular complexity index is 1460. The second-order valence-electron chi connectivity index (χ2n) is 7.78. The maximum absolute atomic E-state index is 10.1. The first-order valence-corrected chi connectivity index (χ1v) is 10.5. The van der Waals surface area contributed by atoms with E-state index in [9.17, 15) is 5.26 Å². The molecule has 4 aromatic carbocycles. The summed E-state index contributed by atoms with van der Waals surface area (Å²) in [5.74, 6) is 0. The Labute approximate surface area is 182 Å². The van der Waals surface area contributed by atoms with Crippen LogP contribution in [0.25, 0.3) is 33.3 Å². The summed E-state index contributed by atoms with van der Waals surface area (Å²) < 4.78 is 2.34. The molecule has 148 valence electrons. The van der Waals surface area contributed by atoms with Gasteiger partial charge in [-0.15, -0.1) is 0 Å². The fourth-order valence-corrected chi connectivity index (χ4v) is 4.38. The average Bonchev–Trinajstić information content (AvgIpc) is 3.08. The van der Waals surface area contributed by atoms with Crippen molar-refractivity contribution >= 4 is 33.3 Å². The van der Waals surface area contributed by atoms with Crippen molar-refractivity contribution in [3.05, 3.63) is 119 Å². The van der Waals surface area contributed by atoms with Gasteiger partial charge in [-0.2, -0.15) is 5.26 Å². The van der Waals surface area contributed by atoms with Crippen LogP contribution in [0.15, 0.2) is 97.1 Å².